The lowest BCUT2D eigenvalue weighted by Crippen LogP contribution is -2.50. The zero-order valence-corrected chi connectivity index (χ0v) is 9.98. The Labute approximate surface area is 105 Å². The number of hydrogen-bond donors (Lipinski definition) is 2. The summed E-state index contributed by atoms with van der Waals surface area (Å²) in [5, 5.41) is 12.7. The van der Waals surface area contributed by atoms with Crippen molar-refractivity contribution in [3.8, 4) is 0 Å². The fourth-order valence-corrected chi connectivity index (χ4v) is 1.94. The third-order valence-electron chi connectivity index (χ3n) is 2.76. The van der Waals surface area contributed by atoms with E-state index in [0.29, 0.717) is 18.2 Å². The SMILES string of the molecule is O=C(O)[C@H]1CN[C@@H](Cc2ccc(Cl)cc2)CO1. The molecule has 2 N–H and O–H groups in total. The minimum atomic E-state index is -0.914. The highest BCUT2D eigenvalue weighted by atomic mass is 35.5. The highest BCUT2D eigenvalue weighted by Gasteiger charge is 2.25. The van der Waals surface area contributed by atoms with Gasteiger partial charge in [-0.2, -0.15) is 0 Å². The number of carboxylic acid groups (broad SMARTS) is 1. The number of carboxylic acids is 1. The second-order valence-electron chi connectivity index (χ2n) is 4.10. The molecule has 92 valence electrons. The van der Waals surface area contributed by atoms with Crippen LogP contribution in [0, 0.1) is 0 Å². The van der Waals surface area contributed by atoms with E-state index in [1.54, 1.807) is 0 Å². The van der Waals surface area contributed by atoms with Gasteiger partial charge in [0.05, 0.1) is 6.61 Å². The molecule has 1 aromatic rings. The maximum atomic E-state index is 10.7. The monoisotopic (exact) mass is 255 g/mol. The molecule has 1 fully saturated rings. The Balaban J connectivity index is 1.85. The first kappa shape index (κ1) is 12.4. The number of morpholine rings is 1. The smallest absolute Gasteiger partial charge is 0.334 e. The van der Waals surface area contributed by atoms with E-state index >= 15 is 0 Å². The largest absolute Gasteiger partial charge is 0.479 e. The van der Waals surface area contributed by atoms with Gasteiger partial charge in [0.1, 0.15) is 0 Å². The molecule has 2 atom stereocenters. The lowest BCUT2D eigenvalue weighted by molar-refractivity contribution is -0.153. The van der Waals surface area contributed by atoms with Crippen LogP contribution in [-0.4, -0.2) is 36.4 Å². The average molecular weight is 256 g/mol. The fourth-order valence-electron chi connectivity index (χ4n) is 1.82. The topological polar surface area (TPSA) is 58.6 Å². The van der Waals surface area contributed by atoms with Crippen molar-refractivity contribution in [3.05, 3.63) is 34.9 Å². The van der Waals surface area contributed by atoms with Crippen LogP contribution in [0.4, 0.5) is 0 Å². The molecule has 5 heteroatoms. The van der Waals surface area contributed by atoms with Crippen molar-refractivity contribution in [2.24, 2.45) is 0 Å². The van der Waals surface area contributed by atoms with Gasteiger partial charge in [-0.1, -0.05) is 23.7 Å². The summed E-state index contributed by atoms with van der Waals surface area (Å²) in [6, 6.07) is 7.79. The van der Waals surface area contributed by atoms with Gasteiger partial charge in [0, 0.05) is 17.6 Å². The summed E-state index contributed by atoms with van der Waals surface area (Å²) < 4.78 is 5.26. The first-order valence-electron chi connectivity index (χ1n) is 5.47. The van der Waals surface area contributed by atoms with Gasteiger partial charge in [0.15, 0.2) is 6.10 Å². The molecular formula is C12H14ClNO3. The van der Waals surface area contributed by atoms with Crippen molar-refractivity contribution in [2.45, 2.75) is 18.6 Å². The van der Waals surface area contributed by atoms with Crippen molar-refractivity contribution in [3.63, 3.8) is 0 Å². The summed E-state index contributed by atoms with van der Waals surface area (Å²) in [6.45, 7) is 0.771. The highest BCUT2D eigenvalue weighted by molar-refractivity contribution is 6.30. The van der Waals surface area contributed by atoms with Crippen molar-refractivity contribution < 1.29 is 14.6 Å². The molecule has 1 aliphatic heterocycles. The highest BCUT2D eigenvalue weighted by Crippen LogP contribution is 2.12. The Morgan fingerprint density at radius 2 is 2.18 bits per heavy atom. The van der Waals surface area contributed by atoms with Gasteiger partial charge in [-0.3, -0.25) is 0 Å². The molecule has 17 heavy (non-hydrogen) atoms. The van der Waals surface area contributed by atoms with E-state index in [0.717, 1.165) is 12.0 Å². The fraction of sp³-hybridized carbons (Fsp3) is 0.417. The van der Waals surface area contributed by atoms with Crippen LogP contribution < -0.4 is 5.32 Å². The molecule has 0 radical (unpaired) electrons. The molecule has 1 aromatic carbocycles. The van der Waals surface area contributed by atoms with E-state index in [4.69, 9.17) is 21.4 Å². The van der Waals surface area contributed by atoms with E-state index in [1.165, 1.54) is 0 Å². The Hall–Kier alpha value is -1.10. The summed E-state index contributed by atoms with van der Waals surface area (Å²) in [7, 11) is 0. The average Bonchev–Trinajstić information content (AvgIpc) is 2.33. The molecule has 1 heterocycles. The summed E-state index contributed by atoms with van der Waals surface area (Å²) in [4.78, 5) is 10.7. The number of rotatable bonds is 3. The first-order chi connectivity index (χ1) is 8.15. The maximum Gasteiger partial charge on any atom is 0.334 e. The lowest BCUT2D eigenvalue weighted by atomic mass is 10.1. The van der Waals surface area contributed by atoms with Gasteiger partial charge in [-0.15, -0.1) is 0 Å². The van der Waals surface area contributed by atoms with Crippen LogP contribution in [0.1, 0.15) is 5.56 Å². The summed E-state index contributed by atoms with van der Waals surface area (Å²) in [6.07, 6.45) is 0.0835. The summed E-state index contributed by atoms with van der Waals surface area (Å²) in [5.41, 5.74) is 1.16. The molecule has 0 bridgehead atoms. The van der Waals surface area contributed by atoms with E-state index in [9.17, 15) is 4.79 Å². The van der Waals surface area contributed by atoms with Gasteiger partial charge in [0.25, 0.3) is 0 Å². The normalized spacial score (nSPS) is 24.5. The minimum absolute atomic E-state index is 0.159. The van der Waals surface area contributed by atoms with E-state index in [2.05, 4.69) is 5.32 Å². The molecule has 1 aliphatic rings. The number of carbonyl (C=O) groups is 1. The number of ether oxygens (including phenoxy) is 1. The van der Waals surface area contributed by atoms with Crippen LogP contribution in [0.25, 0.3) is 0 Å². The predicted molar refractivity (Wildman–Crippen MR) is 64.3 cm³/mol. The van der Waals surface area contributed by atoms with Crippen molar-refractivity contribution in [2.75, 3.05) is 13.2 Å². The van der Waals surface area contributed by atoms with E-state index < -0.39 is 12.1 Å². The van der Waals surface area contributed by atoms with Crippen molar-refractivity contribution >= 4 is 17.6 Å². The molecule has 1 saturated heterocycles. The Kier molecular flexibility index (Phi) is 3.99. The zero-order chi connectivity index (χ0) is 12.3. The quantitative estimate of drug-likeness (QED) is 0.855. The lowest BCUT2D eigenvalue weighted by Gasteiger charge is -2.28. The Morgan fingerprint density at radius 1 is 1.47 bits per heavy atom. The van der Waals surface area contributed by atoms with Crippen molar-refractivity contribution in [1.29, 1.82) is 0 Å². The van der Waals surface area contributed by atoms with Crippen LogP contribution >= 0.6 is 11.6 Å². The standard InChI is InChI=1S/C12H14ClNO3/c13-9-3-1-8(2-4-9)5-10-7-17-11(6-14-10)12(15)16/h1-4,10-11,14H,5-7H2,(H,15,16)/t10-,11+/m0/s1. The second-order valence-corrected chi connectivity index (χ2v) is 4.53. The van der Waals surface area contributed by atoms with Gasteiger partial charge >= 0.3 is 5.97 Å². The molecule has 4 nitrogen and oxygen atoms in total. The number of aliphatic carboxylic acids is 1. The van der Waals surface area contributed by atoms with Gasteiger partial charge in [-0.25, -0.2) is 4.79 Å². The van der Waals surface area contributed by atoms with Crippen LogP contribution in [-0.2, 0) is 16.0 Å². The van der Waals surface area contributed by atoms with Gasteiger partial charge in [0.2, 0.25) is 0 Å². The molecule has 0 amide bonds. The summed E-state index contributed by atoms with van der Waals surface area (Å²) in [5.74, 6) is -0.914. The molecule has 0 saturated carbocycles. The Morgan fingerprint density at radius 3 is 2.71 bits per heavy atom. The number of halogens is 1. The van der Waals surface area contributed by atoms with Gasteiger partial charge in [-0.05, 0) is 24.1 Å². The third kappa shape index (κ3) is 3.43. The molecule has 2 rings (SSSR count). The number of benzene rings is 1. The third-order valence-corrected chi connectivity index (χ3v) is 3.01. The zero-order valence-electron chi connectivity index (χ0n) is 9.23. The molecule has 0 spiro atoms. The van der Waals surface area contributed by atoms with E-state index in [-0.39, 0.29) is 6.04 Å². The van der Waals surface area contributed by atoms with Crippen LogP contribution in [0.3, 0.4) is 0 Å². The van der Waals surface area contributed by atoms with Crippen LogP contribution in [0.15, 0.2) is 24.3 Å². The second kappa shape index (κ2) is 5.49. The summed E-state index contributed by atoms with van der Waals surface area (Å²) >= 11 is 5.80. The van der Waals surface area contributed by atoms with Crippen LogP contribution in [0.5, 0.6) is 0 Å². The number of hydrogen-bond acceptors (Lipinski definition) is 3. The Bertz CT molecular complexity index is 385. The van der Waals surface area contributed by atoms with Crippen LogP contribution in [0.2, 0.25) is 5.02 Å². The van der Waals surface area contributed by atoms with E-state index in [1.807, 2.05) is 24.3 Å². The van der Waals surface area contributed by atoms with Gasteiger partial charge < -0.3 is 15.2 Å². The maximum absolute atomic E-state index is 10.7. The van der Waals surface area contributed by atoms with Crippen molar-refractivity contribution in [1.82, 2.24) is 5.32 Å². The first-order valence-corrected chi connectivity index (χ1v) is 5.85. The molecule has 0 aliphatic carbocycles. The molecular weight excluding hydrogens is 242 g/mol. The minimum Gasteiger partial charge on any atom is -0.479 e. The molecule has 0 unspecified atom stereocenters. The number of nitrogens with one attached hydrogen (secondary N) is 1. The molecule has 0 aromatic heterocycles. The predicted octanol–water partition coefficient (Wildman–Crippen LogP) is 1.32.